The van der Waals surface area contributed by atoms with Crippen LogP contribution in [0.25, 0.3) is 0 Å². The molecule has 2 N–H and O–H groups in total. The van der Waals surface area contributed by atoms with Crippen molar-refractivity contribution < 1.29 is 14.3 Å². The van der Waals surface area contributed by atoms with Crippen LogP contribution >= 0.6 is 0 Å². The van der Waals surface area contributed by atoms with Gasteiger partial charge in [-0.25, -0.2) is 0 Å². The van der Waals surface area contributed by atoms with E-state index in [9.17, 15) is 9.59 Å². The van der Waals surface area contributed by atoms with Gasteiger partial charge in [0.1, 0.15) is 5.75 Å². The fourth-order valence-electron chi connectivity index (χ4n) is 3.31. The van der Waals surface area contributed by atoms with E-state index in [1.807, 2.05) is 43.0 Å². The molecule has 154 valence electrons. The zero-order valence-electron chi connectivity index (χ0n) is 17.1. The molecule has 29 heavy (non-hydrogen) atoms. The zero-order valence-corrected chi connectivity index (χ0v) is 17.1. The maximum Gasteiger partial charge on any atom is 0.253 e. The highest BCUT2D eigenvalue weighted by Gasteiger charge is 2.18. The Morgan fingerprint density at radius 2 is 1.72 bits per heavy atom. The first-order chi connectivity index (χ1) is 14.0. The Morgan fingerprint density at radius 3 is 2.41 bits per heavy atom. The minimum atomic E-state index is -0.157. The Kier molecular flexibility index (Phi) is 7.11. The Hall–Kier alpha value is -3.02. The summed E-state index contributed by atoms with van der Waals surface area (Å²) in [7, 11) is 0. The molecular formula is C23H29N3O3. The molecule has 0 atom stereocenters. The molecule has 0 spiro atoms. The van der Waals surface area contributed by atoms with Crippen LogP contribution in [0.15, 0.2) is 48.5 Å². The topological polar surface area (TPSA) is 70.7 Å². The smallest absolute Gasteiger partial charge is 0.253 e. The van der Waals surface area contributed by atoms with Crippen LogP contribution < -0.4 is 15.4 Å². The Balaban J connectivity index is 1.50. The minimum absolute atomic E-state index is 0.0627. The van der Waals surface area contributed by atoms with Gasteiger partial charge < -0.3 is 20.3 Å². The highest BCUT2D eigenvalue weighted by Crippen LogP contribution is 2.19. The summed E-state index contributed by atoms with van der Waals surface area (Å²) in [6, 6.07) is 14.6. The van der Waals surface area contributed by atoms with Crippen molar-refractivity contribution in [1.29, 1.82) is 0 Å². The molecule has 6 heteroatoms. The lowest BCUT2D eigenvalue weighted by Crippen LogP contribution is -2.35. The molecule has 0 aromatic heterocycles. The van der Waals surface area contributed by atoms with Crippen molar-refractivity contribution in [2.24, 2.45) is 0 Å². The Morgan fingerprint density at radius 1 is 1.00 bits per heavy atom. The molecule has 0 unspecified atom stereocenters. The van der Waals surface area contributed by atoms with Gasteiger partial charge in [-0.1, -0.05) is 6.07 Å². The zero-order chi connectivity index (χ0) is 20.6. The van der Waals surface area contributed by atoms with Crippen LogP contribution in [0.3, 0.4) is 0 Å². The van der Waals surface area contributed by atoms with E-state index in [0.717, 1.165) is 37.4 Å². The number of anilines is 2. The van der Waals surface area contributed by atoms with Gasteiger partial charge in [0.05, 0.1) is 12.6 Å². The Labute approximate surface area is 172 Å². The largest absolute Gasteiger partial charge is 0.491 e. The van der Waals surface area contributed by atoms with Crippen LogP contribution in [0.4, 0.5) is 11.4 Å². The molecule has 0 saturated carbocycles. The summed E-state index contributed by atoms with van der Waals surface area (Å²) in [5.74, 6) is 0.669. The first-order valence-corrected chi connectivity index (χ1v) is 10.2. The number of rotatable bonds is 7. The number of nitrogens with one attached hydrogen (secondary N) is 2. The van der Waals surface area contributed by atoms with Crippen LogP contribution in [-0.2, 0) is 4.79 Å². The van der Waals surface area contributed by atoms with Crippen molar-refractivity contribution in [3.8, 4) is 5.75 Å². The maximum absolute atomic E-state index is 12.5. The van der Waals surface area contributed by atoms with Gasteiger partial charge >= 0.3 is 0 Å². The lowest BCUT2D eigenvalue weighted by atomic mass is 10.1. The van der Waals surface area contributed by atoms with Gasteiger partial charge in [-0.05, 0) is 69.5 Å². The third kappa shape index (κ3) is 6.24. The highest BCUT2D eigenvalue weighted by atomic mass is 16.5. The van der Waals surface area contributed by atoms with Crippen molar-refractivity contribution >= 4 is 23.2 Å². The molecule has 6 nitrogen and oxygen atoms in total. The second-order valence-corrected chi connectivity index (χ2v) is 7.53. The summed E-state index contributed by atoms with van der Waals surface area (Å²) in [5, 5.41) is 5.95. The number of hydrogen-bond donors (Lipinski definition) is 2. The number of nitrogens with zero attached hydrogens (tertiary/aromatic N) is 1. The summed E-state index contributed by atoms with van der Waals surface area (Å²) < 4.78 is 5.66. The molecule has 1 saturated heterocycles. The minimum Gasteiger partial charge on any atom is -0.491 e. The molecule has 0 radical (unpaired) electrons. The maximum atomic E-state index is 12.5. The predicted molar refractivity (Wildman–Crippen MR) is 116 cm³/mol. The van der Waals surface area contributed by atoms with E-state index < -0.39 is 0 Å². The van der Waals surface area contributed by atoms with Gasteiger partial charge in [0, 0.05) is 36.1 Å². The van der Waals surface area contributed by atoms with Crippen LogP contribution in [0.1, 0.15) is 43.5 Å². The fourth-order valence-corrected chi connectivity index (χ4v) is 3.31. The number of likely N-dealkylation sites (tertiary alicyclic amines) is 1. The van der Waals surface area contributed by atoms with Crippen LogP contribution in [0.5, 0.6) is 5.75 Å². The molecular weight excluding hydrogens is 366 g/mol. The molecule has 1 aliphatic heterocycles. The number of hydrogen-bond acceptors (Lipinski definition) is 4. The van der Waals surface area contributed by atoms with Crippen LogP contribution in [0, 0.1) is 0 Å². The summed E-state index contributed by atoms with van der Waals surface area (Å²) in [5.41, 5.74) is 2.15. The quantitative estimate of drug-likeness (QED) is 0.739. The predicted octanol–water partition coefficient (Wildman–Crippen LogP) is 4.15. The van der Waals surface area contributed by atoms with Crippen molar-refractivity contribution in [3.05, 3.63) is 54.1 Å². The van der Waals surface area contributed by atoms with E-state index in [0.29, 0.717) is 11.3 Å². The number of piperidine rings is 1. The van der Waals surface area contributed by atoms with Gasteiger partial charge in [0.15, 0.2) is 0 Å². The van der Waals surface area contributed by atoms with E-state index in [2.05, 4.69) is 10.6 Å². The molecule has 1 fully saturated rings. The summed E-state index contributed by atoms with van der Waals surface area (Å²) in [6.45, 7) is 5.73. The van der Waals surface area contributed by atoms with Crippen molar-refractivity contribution in [2.75, 3.05) is 30.3 Å². The summed E-state index contributed by atoms with van der Waals surface area (Å²) >= 11 is 0. The first kappa shape index (κ1) is 20.7. The molecule has 1 heterocycles. The first-order valence-electron chi connectivity index (χ1n) is 10.2. The number of ether oxygens (including phenoxy) is 1. The third-order valence-electron chi connectivity index (χ3n) is 4.72. The van der Waals surface area contributed by atoms with E-state index in [1.165, 1.54) is 6.42 Å². The van der Waals surface area contributed by atoms with E-state index in [-0.39, 0.29) is 24.5 Å². The summed E-state index contributed by atoms with van der Waals surface area (Å²) in [6.07, 6.45) is 3.43. The SMILES string of the molecule is CC(C)Oc1cccc(NCC(=O)Nc2ccc(C(=O)N3CCCCC3)cc2)c1. The van der Waals surface area contributed by atoms with Crippen LogP contribution in [-0.4, -0.2) is 42.5 Å². The fraction of sp³-hybridized carbons (Fsp3) is 0.391. The molecule has 0 bridgehead atoms. The second kappa shape index (κ2) is 9.96. The monoisotopic (exact) mass is 395 g/mol. The lowest BCUT2D eigenvalue weighted by molar-refractivity contribution is -0.114. The van der Waals surface area contributed by atoms with Crippen molar-refractivity contribution in [1.82, 2.24) is 4.90 Å². The van der Waals surface area contributed by atoms with Crippen LogP contribution in [0.2, 0.25) is 0 Å². The van der Waals surface area contributed by atoms with Gasteiger partial charge in [-0.2, -0.15) is 0 Å². The molecule has 2 aromatic carbocycles. The molecule has 2 aromatic rings. The highest BCUT2D eigenvalue weighted by molar-refractivity contribution is 5.96. The lowest BCUT2D eigenvalue weighted by Gasteiger charge is -2.26. The molecule has 1 aliphatic rings. The van der Waals surface area contributed by atoms with Gasteiger partial charge in [0.25, 0.3) is 5.91 Å². The average Bonchev–Trinajstić information content (AvgIpc) is 2.73. The van der Waals surface area contributed by atoms with Gasteiger partial charge in [-0.15, -0.1) is 0 Å². The average molecular weight is 396 g/mol. The second-order valence-electron chi connectivity index (χ2n) is 7.53. The number of carbonyl (C=O) groups excluding carboxylic acids is 2. The Bertz CT molecular complexity index is 828. The van der Waals surface area contributed by atoms with E-state index in [4.69, 9.17) is 4.74 Å². The van der Waals surface area contributed by atoms with Gasteiger partial charge in [-0.3, -0.25) is 9.59 Å². The van der Waals surface area contributed by atoms with Crippen molar-refractivity contribution in [3.63, 3.8) is 0 Å². The normalized spacial score (nSPS) is 13.8. The molecule has 3 rings (SSSR count). The van der Waals surface area contributed by atoms with E-state index >= 15 is 0 Å². The summed E-state index contributed by atoms with van der Waals surface area (Å²) in [4.78, 5) is 26.6. The molecule has 0 aliphatic carbocycles. The van der Waals surface area contributed by atoms with Gasteiger partial charge in [0.2, 0.25) is 5.91 Å². The number of carbonyl (C=O) groups is 2. The third-order valence-corrected chi connectivity index (χ3v) is 4.72. The van der Waals surface area contributed by atoms with Crippen molar-refractivity contribution in [2.45, 2.75) is 39.2 Å². The standard InChI is InChI=1S/C23H29N3O3/c1-17(2)29-21-8-6-7-20(15-21)24-16-22(27)25-19-11-9-18(10-12-19)23(28)26-13-4-3-5-14-26/h6-12,15,17,24H,3-5,13-14,16H2,1-2H3,(H,25,27). The molecule has 2 amide bonds. The number of amides is 2. The number of benzene rings is 2. The van der Waals surface area contributed by atoms with E-state index in [1.54, 1.807) is 24.3 Å².